The predicted molar refractivity (Wildman–Crippen MR) is 125 cm³/mol. The molecule has 1 fully saturated rings. The number of methoxy groups -OCH3 is 1. The largest absolute Gasteiger partial charge is 0.465 e. The number of carbonyl (C=O) groups is 3. The zero-order valence-electron chi connectivity index (χ0n) is 18.3. The molecule has 2 atom stereocenters. The fraction of sp³-hybridized carbons (Fsp3) is 0.192. The maximum Gasteiger partial charge on any atom is 0.339 e. The molecule has 0 N–H and O–H groups in total. The number of ether oxygens (including phenoxy) is 1. The summed E-state index contributed by atoms with van der Waals surface area (Å²) in [6, 6.07) is 18.1. The van der Waals surface area contributed by atoms with Crippen molar-refractivity contribution in [3.05, 3.63) is 110 Å². The number of esters is 1. The Morgan fingerprint density at radius 1 is 1.00 bits per heavy atom. The fourth-order valence-corrected chi connectivity index (χ4v) is 6.41. The van der Waals surface area contributed by atoms with Gasteiger partial charge in [-0.25, -0.2) is 9.69 Å². The summed E-state index contributed by atoms with van der Waals surface area (Å²) in [5.74, 6) is -4.66. The van der Waals surface area contributed by atoms with Crippen molar-refractivity contribution >= 4 is 35.1 Å². The summed E-state index contributed by atoms with van der Waals surface area (Å²) in [4.78, 5) is 53.5. The van der Waals surface area contributed by atoms with Gasteiger partial charge in [-0.05, 0) is 29.3 Å². The molecule has 9 heteroatoms. The van der Waals surface area contributed by atoms with Crippen LogP contribution in [0.15, 0.2) is 66.7 Å². The van der Waals surface area contributed by atoms with E-state index >= 15 is 0 Å². The lowest BCUT2D eigenvalue weighted by Gasteiger charge is -2.48. The van der Waals surface area contributed by atoms with Gasteiger partial charge < -0.3 is 4.74 Å². The van der Waals surface area contributed by atoms with E-state index in [9.17, 15) is 24.5 Å². The number of hydrogen-bond donors (Lipinski definition) is 0. The van der Waals surface area contributed by atoms with Gasteiger partial charge in [-0.3, -0.25) is 19.7 Å². The molecule has 0 spiro atoms. The van der Waals surface area contributed by atoms with E-state index in [1.165, 1.54) is 25.3 Å². The molecule has 0 saturated carbocycles. The third-order valence-corrected chi connectivity index (χ3v) is 7.80. The number of amides is 2. The summed E-state index contributed by atoms with van der Waals surface area (Å²) < 4.78 is 4.76. The number of imide groups is 1. The number of hydrogen-bond acceptors (Lipinski definition) is 6. The number of nitrogens with zero attached hydrogens (tertiary/aromatic N) is 2. The second-order valence-corrected chi connectivity index (χ2v) is 9.25. The highest BCUT2D eigenvalue weighted by Gasteiger charge is 2.74. The van der Waals surface area contributed by atoms with Gasteiger partial charge >= 0.3 is 5.97 Å². The smallest absolute Gasteiger partial charge is 0.339 e. The van der Waals surface area contributed by atoms with E-state index in [1.807, 2.05) is 0 Å². The first-order valence-electron chi connectivity index (χ1n) is 10.9. The van der Waals surface area contributed by atoms with Crippen molar-refractivity contribution in [2.24, 2.45) is 11.8 Å². The van der Waals surface area contributed by atoms with Crippen LogP contribution < -0.4 is 4.90 Å². The van der Waals surface area contributed by atoms with Gasteiger partial charge in [0.2, 0.25) is 11.8 Å². The van der Waals surface area contributed by atoms with E-state index in [1.54, 1.807) is 48.5 Å². The first kappa shape index (κ1) is 21.5. The van der Waals surface area contributed by atoms with Crippen LogP contribution in [0.2, 0.25) is 5.02 Å². The highest BCUT2D eigenvalue weighted by molar-refractivity contribution is 6.34. The van der Waals surface area contributed by atoms with Crippen molar-refractivity contribution in [3.8, 4) is 0 Å². The van der Waals surface area contributed by atoms with Crippen molar-refractivity contribution in [2.75, 3.05) is 12.0 Å². The SMILES string of the molecule is COC(=O)c1cc(N2C(=O)[C@@H]3C4c5ccccc5C([N+](=O)[O-])(c5ccccc54)[C@H]3C2=O)ccc1Cl. The highest BCUT2D eigenvalue weighted by Crippen LogP contribution is 2.64. The Morgan fingerprint density at radius 2 is 1.60 bits per heavy atom. The monoisotopic (exact) mass is 488 g/mol. The number of carbonyl (C=O) groups excluding carboxylic acids is 3. The molecule has 7 rings (SSSR count). The Balaban J connectivity index is 1.61. The van der Waals surface area contributed by atoms with Gasteiger partial charge in [0.1, 0.15) is 5.92 Å². The lowest BCUT2D eigenvalue weighted by Crippen LogP contribution is -2.57. The van der Waals surface area contributed by atoms with Gasteiger partial charge in [-0.15, -0.1) is 0 Å². The first-order valence-corrected chi connectivity index (χ1v) is 11.3. The topological polar surface area (TPSA) is 107 Å². The summed E-state index contributed by atoms with van der Waals surface area (Å²) >= 11 is 6.13. The summed E-state index contributed by atoms with van der Waals surface area (Å²) in [7, 11) is 1.19. The number of nitro groups is 1. The Bertz CT molecular complexity index is 1440. The highest BCUT2D eigenvalue weighted by atomic mass is 35.5. The van der Waals surface area contributed by atoms with E-state index < -0.39 is 46.0 Å². The zero-order chi connectivity index (χ0) is 24.6. The molecule has 2 amide bonds. The Hall–Kier alpha value is -4.04. The summed E-state index contributed by atoms with van der Waals surface area (Å²) in [6.45, 7) is 0. The Labute approximate surface area is 204 Å². The normalized spacial score (nSPS) is 25.7. The lowest BCUT2D eigenvalue weighted by atomic mass is 9.51. The maximum atomic E-state index is 14.0. The number of anilines is 1. The van der Waals surface area contributed by atoms with Crippen LogP contribution in [0, 0.1) is 22.0 Å². The van der Waals surface area contributed by atoms with Crippen molar-refractivity contribution < 1.29 is 24.0 Å². The molecule has 174 valence electrons. The van der Waals surface area contributed by atoms with Crippen LogP contribution in [0.4, 0.5) is 5.69 Å². The molecule has 3 aromatic rings. The standard InChI is InChI=1S/C26H17ClN2O6/c1-35-25(32)16-12-13(10-11-19(16)27)28-23(30)21-20-14-6-2-4-8-17(14)26(29(33)34,22(21)24(28)31)18-9-5-3-7-15(18)20/h2-12,20-22H,1H3/t20?,21-,22-,26?/m1/s1. The second kappa shape index (κ2) is 7.23. The van der Waals surface area contributed by atoms with Crippen LogP contribution in [-0.2, 0) is 19.9 Å². The lowest BCUT2D eigenvalue weighted by molar-refractivity contribution is -0.578. The van der Waals surface area contributed by atoms with E-state index in [0.717, 1.165) is 4.90 Å². The van der Waals surface area contributed by atoms with Crippen LogP contribution in [0.5, 0.6) is 0 Å². The van der Waals surface area contributed by atoms with E-state index in [0.29, 0.717) is 22.3 Å². The number of halogens is 1. The van der Waals surface area contributed by atoms with Crippen molar-refractivity contribution in [1.29, 1.82) is 0 Å². The number of benzene rings is 3. The molecule has 3 aromatic carbocycles. The first-order chi connectivity index (χ1) is 16.8. The summed E-state index contributed by atoms with van der Waals surface area (Å²) in [5.41, 5.74) is 0.419. The van der Waals surface area contributed by atoms with Crippen LogP contribution in [0.1, 0.15) is 38.5 Å². The van der Waals surface area contributed by atoms with Crippen LogP contribution >= 0.6 is 11.6 Å². The molecule has 3 aliphatic carbocycles. The van der Waals surface area contributed by atoms with Gasteiger partial charge in [-0.2, -0.15) is 0 Å². The molecule has 1 saturated heterocycles. The third kappa shape index (κ3) is 2.49. The summed E-state index contributed by atoms with van der Waals surface area (Å²) in [5, 5.41) is 13.1. The van der Waals surface area contributed by atoms with E-state index in [2.05, 4.69) is 0 Å². The molecular formula is C26H17ClN2O6. The van der Waals surface area contributed by atoms with Gasteiger partial charge in [0.15, 0.2) is 0 Å². The third-order valence-electron chi connectivity index (χ3n) is 7.47. The Kier molecular flexibility index (Phi) is 4.44. The molecule has 1 aliphatic heterocycles. The molecule has 0 unspecified atom stereocenters. The molecule has 35 heavy (non-hydrogen) atoms. The molecular weight excluding hydrogens is 472 g/mol. The minimum atomic E-state index is -1.91. The van der Waals surface area contributed by atoms with E-state index in [4.69, 9.17) is 16.3 Å². The number of rotatable bonds is 3. The van der Waals surface area contributed by atoms with Crippen LogP contribution in [0.25, 0.3) is 0 Å². The predicted octanol–water partition coefficient (Wildman–Crippen LogP) is 3.91. The molecule has 4 aliphatic rings. The second-order valence-electron chi connectivity index (χ2n) is 8.85. The molecule has 8 nitrogen and oxygen atoms in total. The average molecular weight is 489 g/mol. The zero-order valence-corrected chi connectivity index (χ0v) is 19.1. The van der Waals surface area contributed by atoms with Gasteiger partial charge in [0.05, 0.1) is 29.3 Å². The Morgan fingerprint density at radius 3 is 2.17 bits per heavy atom. The van der Waals surface area contributed by atoms with Crippen LogP contribution in [0.3, 0.4) is 0 Å². The van der Waals surface area contributed by atoms with Gasteiger partial charge in [0.25, 0.3) is 5.54 Å². The van der Waals surface area contributed by atoms with Crippen molar-refractivity contribution in [2.45, 2.75) is 11.5 Å². The average Bonchev–Trinajstić information content (AvgIpc) is 3.14. The fourth-order valence-electron chi connectivity index (χ4n) is 6.22. The maximum absolute atomic E-state index is 14.0. The minimum Gasteiger partial charge on any atom is -0.465 e. The van der Waals surface area contributed by atoms with E-state index in [-0.39, 0.29) is 16.3 Å². The van der Waals surface area contributed by atoms with Gasteiger partial charge in [-0.1, -0.05) is 60.1 Å². The van der Waals surface area contributed by atoms with Gasteiger partial charge in [0, 0.05) is 22.0 Å². The molecule has 0 radical (unpaired) electrons. The molecule has 0 aromatic heterocycles. The van der Waals surface area contributed by atoms with Crippen LogP contribution in [-0.4, -0.2) is 29.8 Å². The summed E-state index contributed by atoms with van der Waals surface area (Å²) in [6.07, 6.45) is 0. The van der Waals surface area contributed by atoms with Crippen molar-refractivity contribution in [1.82, 2.24) is 0 Å². The molecule has 1 heterocycles. The van der Waals surface area contributed by atoms with Crippen molar-refractivity contribution in [3.63, 3.8) is 0 Å². The minimum absolute atomic E-state index is 0.0133. The quantitative estimate of drug-likeness (QED) is 0.239. The molecule has 2 bridgehead atoms.